The summed E-state index contributed by atoms with van der Waals surface area (Å²) in [6.45, 7) is 6.42. The number of hydrogen-bond donors (Lipinski definition) is 1. The number of nitriles is 1. The van der Waals surface area contributed by atoms with Crippen molar-refractivity contribution in [1.82, 2.24) is 19.4 Å². The maximum absolute atomic E-state index is 12.6. The van der Waals surface area contributed by atoms with Gasteiger partial charge in [-0.2, -0.15) is 10.2 Å². The first-order chi connectivity index (χ1) is 19.5. The summed E-state index contributed by atoms with van der Waals surface area (Å²) in [4.78, 5) is 36.8. The van der Waals surface area contributed by atoms with Crippen molar-refractivity contribution in [3.8, 4) is 11.8 Å². The van der Waals surface area contributed by atoms with Gasteiger partial charge in [0.05, 0.1) is 29.5 Å². The largest absolute Gasteiger partial charge is 0.465 e. The van der Waals surface area contributed by atoms with Crippen LogP contribution in [0.3, 0.4) is 0 Å². The van der Waals surface area contributed by atoms with E-state index in [4.69, 9.17) is 16.3 Å². The van der Waals surface area contributed by atoms with E-state index in [-0.39, 0.29) is 24.2 Å². The second kappa shape index (κ2) is 10.9. The van der Waals surface area contributed by atoms with Gasteiger partial charge in [-0.1, -0.05) is 24.3 Å². The van der Waals surface area contributed by atoms with Gasteiger partial charge in [0.15, 0.2) is 5.82 Å². The molecule has 1 atom stereocenters. The highest BCUT2D eigenvalue weighted by atomic mass is 35.5. The van der Waals surface area contributed by atoms with Crippen LogP contribution in [-0.4, -0.2) is 62.3 Å². The Hall–Kier alpha value is -4.36. The molecule has 4 aromatic rings. The molecule has 3 heterocycles. The Morgan fingerprint density at radius 3 is 2.63 bits per heavy atom. The van der Waals surface area contributed by atoms with Crippen LogP contribution in [0, 0.1) is 16.7 Å². The van der Waals surface area contributed by atoms with Crippen LogP contribution in [0.5, 0.6) is 5.75 Å². The van der Waals surface area contributed by atoms with Crippen molar-refractivity contribution in [1.29, 1.82) is 5.26 Å². The summed E-state index contributed by atoms with van der Waals surface area (Å²) in [5, 5.41) is 21.0. The molecule has 0 radical (unpaired) electrons. The minimum Gasteiger partial charge on any atom is -0.465 e. The van der Waals surface area contributed by atoms with Crippen molar-refractivity contribution in [2.24, 2.45) is 12.5 Å². The predicted molar refractivity (Wildman–Crippen MR) is 156 cm³/mol. The van der Waals surface area contributed by atoms with Crippen LogP contribution in [0.4, 0.5) is 10.6 Å². The molecule has 1 N–H and O–H groups in total. The van der Waals surface area contributed by atoms with Gasteiger partial charge in [-0.05, 0) is 60.8 Å². The Kier molecular flexibility index (Phi) is 7.49. The van der Waals surface area contributed by atoms with Gasteiger partial charge in [0, 0.05) is 44.9 Å². The maximum Gasteiger partial charge on any atom is 0.407 e. The van der Waals surface area contributed by atoms with E-state index in [0.29, 0.717) is 36.6 Å². The fourth-order valence-corrected chi connectivity index (χ4v) is 5.45. The van der Waals surface area contributed by atoms with Gasteiger partial charge in [-0.25, -0.2) is 9.78 Å². The number of carboxylic acid groups (broad SMARTS) is 1. The van der Waals surface area contributed by atoms with E-state index in [1.54, 1.807) is 0 Å². The number of rotatable bonds is 5. The Morgan fingerprint density at radius 1 is 1.17 bits per heavy atom. The number of halogens is 1. The quantitative estimate of drug-likeness (QED) is 0.191. The first-order valence-electron chi connectivity index (χ1n) is 13.3. The van der Waals surface area contributed by atoms with Gasteiger partial charge < -0.3 is 24.2 Å². The lowest BCUT2D eigenvalue weighted by atomic mass is 9.97. The molecule has 0 unspecified atom stereocenters. The zero-order chi connectivity index (χ0) is 29.5. The highest BCUT2D eigenvalue weighted by Gasteiger charge is 2.32. The van der Waals surface area contributed by atoms with Crippen molar-refractivity contribution in [3.05, 3.63) is 59.0 Å². The zero-order valence-corrected chi connectivity index (χ0v) is 24.1. The summed E-state index contributed by atoms with van der Waals surface area (Å²) in [6.07, 6.45) is 1.52. The monoisotopic (exact) mass is 574 g/mol. The fraction of sp³-hybridized carbons (Fsp3) is 0.367. The molecule has 1 amide bonds. The van der Waals surface area contributed by atoms with Gasteiger partial charge in [-0.3, -0.25) is 4.79 Å². The molecule has 10 nitrogen and oxygen atoms in total. The number of carbonyl (C=O) groups is 2. The highest BCUT2D eigenvalue weighted by Crippen LogP contribution is 2.34. The van der Waals surface area contributed by atoms with Crippen molar-refractivity contribution in [2.75, 3.05) is 24.5 Å². The van der Waals surface area contributed by atoms with Crippen molar-refractivity contribution in [2.45, 2.75) is 39.7 Å². The molecule has 2 aromatic carbocycles. The van der Waals surface area contributed by atoms with Crippen molar-refractivity contribution < 1.29 is 19.4 Å². The van der Waals surface area contributed by atoms with Crippen LogP contribution in [0.15, 0.2) is 42.6 Å². The van der Waals surface area contributed by atoms with Crippen LogP contribution < -0.4 is 9.64 Å². The number of amides is 1. The molecule has 1 aliphatic rings. The Bertz CT molecular complexity index is 1700. The molecule has 0 spiro atoms. The average molecular weight is 575 g/mol. The number of benzene rings is 2. The van der Waals surface area contributed by atoms with Crippen molar-refractivity contribution in [3.63, 3.8) is 0 Å². The summed E-state index contributed by atoms with van der Waals surface area (Å²) < 4.78 is 7.71. The molecule has 1 saturated heterocycles. The third-order valence-electron chi connectivity index (χ3n) is 7.32. The Balaban J connectivity index is 1.55. The molecular weight excluding hydrogens is 544 g/mol. The normalized spacial score (nSPS) is 15.8. The molecule has 0 saturated carbocycles. The smallest absolute Gasteiger partial charge is 0.407 e. The summed E-state index contributed by atoms with van der Waals surface area (Å²) in [7, 11) is 1.91. The number of hydrogen-bond acceptors (Lipinski definition) is 7. The van der Waals surface area contributed by atoms with E-state index in [2.05, 4.69) is 16.0 Å². The van der Waals surface area contributed by atoms with E-state index in [0.717, 1.165) is 27.4 Å². The van der Waals surface area contributed by atoms with Gasteiger partial charge in [0.2, 0.25) is 5.28 Å². The van der Waals surface area contributed by atoms with Gasteiger partial charge >= 0.3 is 12.1 Å². The number of aryl methyl sites for hydroxylation is 1. The van der Waals surface area contributed by atoms with E-state index in [9.17, 15) is 20.0 Å². The van der Waals surface area contributed by atoms with E-state index in [1.807, 2.05) is 79.9 Å². The average Bonchev–Trinajstić information content (AvgIpc) is 3.22. The topological polar surface area (TPSA) is 125 Å². The minimum absolute atomic E-state index is 0.0757. The lowest BCUT2D eigenvalue weighted by Gasteiger charge is -2.39. The Labute approximate surface area is 242 Å². The first kappa shape index (κ1) is 28.2. The van der Waals surface area contributed by atoms with Crippen LogP contribution in [0.2, 0.25) is 5.28 Å². The number of carbonyl (C=O) groups excluding carboxylic acids is 1. The van der Waals surface area contributed by atoms with E-state index < -0.39 is 17.6 Å². The second-order valence-electron chi connectivity index (χ2n) is 11.3. The third-order valence-corrected chi connectivity index (χ3v) is 7.49. The molecule has 5 rings (SSSR count). The molecule has 212 valence electrons. The molecule has 2 aromatic heterocycles. The maximum atomic E-state index is 12.6. The number of ether oxygens (including phenoxy) is 1. The zero-order valence-electron chi connectivity index (χ0n) is 23.4. The molecule has 0 aliphatic carbocycles. The molecule has 1 aliphatic heterocycles. The number of nitrogens with zero attached hydrogens (tertiary/aromatic N) is 6. The number of piperazine rings is 1. The number of esters is 1. The second-order valence-corrected chi connectivity index (χ2v) is 11.7. The third kappa shape index (κ3) is 5.63. The SMILES string of the molecule is Cn1cc(Cc2cc(OC(=O)C(C)(C)C)cc3ccccc23)c2nc(Cl)nc(N3CCN(C(=O)O)[C@@H](CC#N)C3)c21. The minimum atomic E-state index is -1.04. The molecule has 0 bridgehead atoms. The summed E-state index contributed by atoms with van der Waals surface area (Å²) >= 11 is 6.45. The molecule has 41 heavy (non-hydrogen) atoms. The lowest BCUT2D eigenvalue weighted by molar-refractivity contribution is -0.142. The van der Waals surface area contributed by atoms with E-state index >= 15 is 0 Å². The van der Waals surface area contributed by atoms with Gasteiger partial charge in [0.1, 0.15) is 11.3 Å². The van der Waals surface area contributed by atoms with Gasteiger partial charge in [-0.15, -0.1) is 0 Å². The van der Waals surface area contributed by atoms with Crippen molar-refractivity contribution >= 4 is 51.3 Å². The van der Waals surface area contributed by atoms with Crippen LogP contribution in [-0.2, 0) is 18.3 Å². The first-order valence-corrected chi connectivity index (χ1v) is 13.7. The van der Waals surface area contributed by atoms with Crippen LogP contribution in [0.25, 0.3) is 21.8 Å². The van der Waals surface area contributed by atoms with E-state index in [1.165, 1.54) is 4.90 Å². The standard InChI is InChI=1S/C30H31ClN6O4/c1-30(2,3)27(38)41-22-14-18-7-5-6-8-23(18)19(15-22)13-20-16-35(4)25-24(20)33-28(31)34-26(25)36-11-12-37(29(39)40)21(17-36)9-10-32/h5-8,14-16,21H,9,11-13,17H2,1-4H3,(H,39,40)/t21-/m0/s1. The molecule has 11 heteroatoms. The number of fused-ring (bicyclic) bond motifs is 2. The molecular formula is C30H31ClN6O4. The number of aromatic nitrogens is 3. The highest BCUT2D eigenvalue weighted by molar-refractivity contribution is 6.28. The number of anilines is 1. The summed E-state index contributed by atoms with van der Waals surface area (Å²) in [5.74, 6) is 0.761. The van der Waals surface area contributed by atoms with Crippen LogP contribution >= 0.6 is 11.6 Å². The molecule has 1 fully saturated rings. The van der Waals surface area contributed by atoms with Gasteiger partial charge in [0.25, 0.3) is 0 Å². The van der Waals surface area contributed by atoms with Crippen LogP contribution in [0.1, 0.15) is 38.3 Å². The lowest BCUT2D eigenvalue weighted by Crippen LogP contribution is -2.55. The summed E-state index contributed by atoms with van der Waals surface area (Å²) in [6, 6.07) is 13.3. The predicted octanol–water partition coefficient (Wildman–Crippen LogP) is 5.40. The fourth-order valence-electron chi connectivity index (χ4n) is 5.28. The summed E-state index contributed by atoms with van der Waals surface area (Å²) in [5.41, 5.74) is 2.68. The Morgan fingerprint density at radius 2 is 1.93 bits per heavy atom.